The molecule has 0 saturated heterocycles. The molecule has 0 amide bonds. The standard InChI is InChI=1S/C11H22N6/c1-5-9(3)15-11(12-4)13-7-10-16-14-8-17(10)6-2/h8-9H,5-7H2,1-4H3,(H2,12,13,15). The zero-order valence-electron chi connectivity index (χ0n) is 11.1. The number of aryl methyl sites for hydroxylation is 1. The van der Waals surface area contributed by atoms with Crippen LogP contribution in [0.1, 0.15) is 33.0 Å². The van der Waals surface area contributed by atoms with Gasteiger partial charge < -0.3 is 15.2 Å². The van der Waals surface area contributed by atoms with Gasteiger partial charge in [0.2, 0.25) is 0 Å². The molecular formula is C11H22N6. The second-order valence-electron chi connectivity index (χ2n) is 3.91. The van der Waals surface area contributed by atoms with Gasteiger partial charge in [-0.05, 0) is 20.3 Å². The van der Waals surface area contributed by atoms with Crippen LogP contribution < -0.4 is 10.6 Å². The number of nitrogens with one attached hydrogen (secondary N) is 2. The van der Waals surface area contributed by atoms with Gasteiger partial charge in [-0.15, -0.1) is 10.2 Å². The minimum absolute atomic E-state index is 0.408. The van der Waals surface area contributed by atoms with Gasteiger partial charge in [0.05, 0.1) is 6.54 Å². The van der Waals surface area contributed by atoms with E-state index in [-0.39, 0.29) is 0 Å². The summed E-state index contributed by atoms with van der Waals surface area (Å²) < 4.78 is 2.00. The van der Waals surface area contributed by atoms with Gasteiger partial charge >= 0.3 is 0 Å². The third-order valence-corrected chi connectivity index (χ3v) is 2.67. The van der Waals surface area contributed by atoms with Crippen molar-refractivity contribution >= 4 is 5.96 Å². The third-order valence-electron chi connectivity index (χ3n) is 2.67. The number of rotatable bonds is 5. The highest BCUT2D eigenvalue weighted by Gasteiger charge is 2.05. The Morgan fingerprint density at radius 2 is 2.29 bits per heavy atom. The van der Waals surface area contributed by atoms with E-state index in [2.05, 4.69) is 46.6 Å². The van der Waals surface area contributed by atoms with Crippen molar-refractivity contribution in [1.29, 1.82) is 0 Å². The first-order valence-electron chi connectivity index (χ1n) is 6.05. The Labute approximate surface area is 103 Å². The number of aromatic nitrogens is 3. The smallest absolute Gasteiger partial charge is 0.191 e. The first-order valence-corrected chi connectivity index (χ1v) is 6.05. The molecule has 0 bridgehead atoms. The maximum atomic E-state index is 4.17. The Balaban J connectivity index is 2.48. The van der Waals surface area contributed by atoms with E-state index in [1.54, 1.807) is 13.4 Å². The van der Waals surface area contributed by atoms with Gasteiger partial charge in [0.15, 0.2) is 11.8 Å². The van der Waals surface area contributed by atoms with Crippen molar-refractivity contribution < 1.29 is 0 Å². The van der Waals surface area contributed by atoms with Crippen LogP contribution in [0.25, 0.3) is 0 Å². The molecule has 17 heavy (non-hydrogen) atoms. The lowest BCUT2D eigenvalue weighted by Gasteiger charge is -2.16. The highest BCUT2D eigenvalue weighted by molar-refractivity contribution is 5.79. The van der Waals surface area contributed by atoms with Crippen LogP contribution in [0.4, 0.5) is 0 Å². The van der Waals surface area contributed by atoms with E-state index in [1.165, 1.54) is 0 Å². The average Bonchev–Trinajstić information content (AvgIpc) is 2.81. The third kappa shape index (κ3) is 4.05. The first-order chi connectivity index (χ1) is 8.21. The highest BCUT2D eigenvalue weighted by Crippen LogP contribution is 1.94. The quantitative estimate of drug-likeness (QED) is 0.587. The Kier molecular flexibility index (Phi) is 5.45. The second kappa shape index (κ2) is 6.88. The SMILES string of the molecule is CCC(C)NC(=NC)NCc1nncn1CC. The van der Waals surface area contributed by atoms with Crippen molar-refractivity contribution in [1.82, 2.24) is 25.4 Å². The summed E-state index contributed by atoms with van der Waals surface area (Å²) in [6.45, 7) is 7.84. The van der Waals surface area contributed by atoms with Crippen LogP contribution in [0.15, 0.2) is 11.3 Å². The van der Waals surface area contributed by atoms with Gasteiger partial charge in [-0.25, -0.2) is 0 Å². The molecule has 6 heteroatoms. The number of hydrogen-bond donors (Lipinski definition) is 2. The molecule has 1 atom stereocenters. The molecule has 0 aliphatic carbocycles. The van der Waals surface area contributed by atoms with Gasteiger partial charge in [-0.1, -0.05) is 6.92 Å². The van der Waals surface area contributed by atoms with Crippen LogP contribution in [0.2, 0.25) is 0 Å². The lowest BCUT2D eigenvalue weighted by Crippen LogP contribution is -2.41. The van der Waals surface area contributed by atoms with E-state index in [1.807, 2.05) is 4.57 Å². The first kappa shape index (κ1) is 13.5. The van der Waals surface area contributed by atoms with Crippen LogP contribution in [0.5, 0.6) is 0 Å². The molecule has 0 aliphatic heterocycles. The van der Waals surface area contributed by atoms with E-state index in [9.17, 15) is 0 Å². The molecule has 1 unspecified atom stereocenters. The summed E-state index contributed by atoms with van der Waals surface area (Å²) in [7, 11) is 1.77. The zero-order valence-corrected chi connectivity index (χ0v) is 11.1. The number of nitrogens with zero attached hydrogens (tertiary/aromatic N) is 4. The molecule has 1 rings (SSSR count). The summed E-state index contributed by atoms with van der Waals surface area (Å²) in [6.07, 6.45) is 2.80. The monoisotopic (exact) mass is 238 g/mol. The van der Waals surface area contributed by atoms with Gasteiger partial charge in [0, 0.05) is 19.6 Å². The maximum Gasteiger partial charge on any atom is 0.191 e. The molecule has 0 fully saturated rings. The fraction of sp³-hybridized carbons (Fsp3) is 0.727. The lowest BCUT2D eigenvalue weighted by molar-refractivity contribution is 0.614. The Morgan fingerprint density at radius 3 is 2.88 bits per heavy atom. The fourth-order valence-electron chi connectivity index (χ4n) is 1.37. The summed E-state index contributed by atoms with van der Waals surface area (Å²) in [6, 6.07) is 0.408. The Hall–Kier alpha value is -1.59. The normalized spacial score (nSPS) is 13.5. The van der Waals surface area contributed by atoms with Crippen molar-refractivity contribution in [2.24, 2.45) is 4.99 Å². The van der Waals surface area contributed by atoms with Crippen LogP contribution in [0.3, 0.4) is 0 Å². The summed E-state index contributed by atoms with van der Waals surface area (Å²) in [5.41, 5.74) is 0. The molecule has 0 aromatic carbocycles. The Bertz CT molecular complexity index is 357. The van der Waals surface area contributed by atoms with Crippen molar-refractivity contribution in [3.63, 3.8) is 0 Å². The van der Waals surface area contributed by atoms with Gasteiger partial charge in [0.25, 0.3) is 0 Å². The molecule has 96 valence electrons. The van der Waals surface area contributed by atoms with Gasteiger partial charge in [-0.2, -0.15) is 0 Å². The van der Waals surface area contributed by atoms with E-state index in [0.717, 1.165) is 24.7 Å². The maximum absolute atomic E-state index is 4.17. The zero-order chi connectivity index (χ0) is 12.7. The molecular weight excluding hydrogens is 216 g/mol. The van der Waals surface area contributed by atoms with Crippen LogP contribution in [-0.4, -0.2) is 33.8 Å². The predicted octanol–water partition coefficient (Wildman–Crippen LogP) is 0.761. The topological polar surface area (TPSA) is 67.1 Å². The molecule has 1 heterocycles. The molecule has 1 aromatic rings. The molecule has 6 nitrogen and oxygen atoms in total. The summed E-state index contributed by atoms with van der Waals surface area (Å²) in [5, 5.41) is 14.5. The van der Waals surface area contributed by atoms with E-state index >= 15 is 0 Å². The number of aliphatic imine (C=N–C) groups is 1. The van der Waals surface area contributed by atoms with Crippen molar-refractivity contribution in [3.05, 3.63) is 12.2 Å². The van der Waals surface area contributed by atoms with Crippen LogP contribution in [-0.2, 0) is 13.1 Å². The van der Waals surface area contributed by atoms with Gasteiger partial charge in [0.1, 0.15) is 6.33 Å². The summed E-state index contributed by atoms with van der Waals surface area (Å²) in [4.78, 5) is 4.17. The van der Waals surface area contributed by atoms with Crippen molar-refractivity contribution in [2.75, 3.05) is 7.05 Å². The van der Waals surface area contributed by atoms with Crippen LogP contribution >= 0.6 is 0 Å². The average molecular weight is 238 g/mol. The molecule has 1 aromatic heterocycles. The minimum atomic E-state index is 0.408. The summed E-state index contributed by atoms with van der Waals surface area (Å²) >= 11 is 0. The number of guanidine groups is 1. The predicted molar refractivity (Wildman–Crippen MR) is 68.8 cm³/mol. The largest absolute Gasteiger partial charge is 0.354 e. The molecule has 0 saturated carbocycles. The second-order valence-corrected chi connectivity index (χ2v) is 3.91. The molecule has 2 N–H and O–H groups in total. The minimum Gasteiger partial charge on any atom is -0.354 e. The molecule has 0 aliphatic rings. The van der Waals surface area contributed by atoms with Crippen molar-refractivity contribution in [2.45, 2.75) is 46.3 Å². The summed E-state index contributed by atoms with van der Waals surface area (Å²) in [5.74, 6) is 1.71. The lowest BCUT2D eigenvalue weighted by atomic mass is 10.3. The Morgan fingerprint density at radius 1 is 1.53 bits per heavy atom. The highest BCUT2D eigenvalue weighted by atomic mass is 15.3. The van der Waals surface area contributed by atoms with Gasteiger partial charge in [-0.3, -0.25) is 4.99 Å². The van der Waals surface area contributed by atoms with Crippen LogP contribution in [0, 0.1) is 0 Å². The fourth-order valence-corrected chi connectivity index (χ4v) is 1.37. The number of hydrogen-bond acceptors (Lipinski definition) is 3. The molecule has 0 spiro atoms. The van der Waals surface area contributed by atoms with E-state index < -0.39 is 0 Å². The van der Waals surface area contributed by atoms with Crippen molar-refractivity contribution in [3.8, 4) is 0 Å². The molecule has 0 radical (unpaired) electrons. The van der Waals surface area contributed by atoms with E-state index in [4.69, 9.17) is 0 Å². The van der Waals surface area contributed by atoms with E-state index in [0.29, 0.717) is 12.6 Å².